The van der Waals surface area contributed by atoms with Crippen molar-refractivity contribution in [2.24, 2.45) is 5.92 Å². The van der Waals surface area contributed by atoms with E-state index in [1.165, 1.54) is 32.1 Å². The Morgan fingerprint density at radius 2 is 1.63 bits per heavy atom. The molecular weight excluding hydrogens is 236 g/mol. The number of hydrogen-bond donors (Lipinski definition) is 1. The van der Waals surface area contributed by atoms with Crippen LogP contribution in [0.1, 0.15) is 69.2 Å². The van der Waals surface area contributed by atoms with Crippen LogP contribution in [0.2, 0.25) is 0 Å². The van der Waals surface area contributed by atoms with E-state index in [0.717, 1.165) is 12.8 Å². The third-order valence-corrected chi connectivity index (χ3v) is 3.59. The van der Waals surface area contributed by atoms with E-state index in [-0.39, 0.29) is 17.5 Å². The SMILES string of the molecule is CCCCCCCCC(C)C(=O)c1ccc(O)cc1. The standard InChI is InChI=1S/C17H26O2/c1-3-4-5-6-7-8-9-14(2)17(19)15-10-12-16(18)13-11-15/h10-14,18H,3-9H2,1-2H3. The molecule has 0 bridgehead atoms. The molecule has 0 heterocycles. The van der Waals surface area contributed by atoms with Crippen LogP contribution < -0.4 is 0 Å². The molecule has 0 aliphatic rings. The van der Waals surface area contributed by atoms with Crippen molar-refractivity contribution in [3.05, 3.63) is 29.8 Å². The Balaban J connectivity index is 2.27. The molecule has 0 spiro atoms. The lowest BCUT2D eigenvalue weighted by molar-refractivity contribution is 0.0922. The molecule has 1 aromatic carbocycles. The van der Waals surface area contributed by atoms with Crippen molar-refractivity contribution in [3.8, 4) is 5.75 Å². The number of rotatable bonds is 9. The average Bonchev–Trinajstić information content (AvgIpc) is 2.42. The second-order valence-electron chi connectivity index (χ2n) is 5.37. The second-order valence-corrected chi connectivity index (χ2v) is 5.37. The maximum atomic E-state index is 12.1. The Morgan fingerprint density at radius 3 is 2.26 bits per heavy atom. The Bertz CT molecular complexity index is 367. The highest BCUT2D eigenvalue weighted by Crippen LogP contribution is 2.18. The van der Waals surface area contributed by atoms with Crippen molar-refractivity contribution in [2.45, 2.75) is 58.8 Å². The van der Waals surface area contributed by atoms with Gasteiger partial charge >= 0.3 is 0 Å². The van der Waals surface area contributed by atoms with Crippen molar-refractivity contribution in [1.82, 2.24) is 0 Å². The molecule has 0 fully saturated rings. The maximum Gasteiger partial charge on any atom is 0.165 e. The minimum atomic E-state index is 0.0794. The van der Waals surface area contributed by atoms with Crippen LogP contribution in [0.5, 0.6) is 5.75 Å². The quantitative estimate of drug-likeness (QED) is 0.504. The first-order chi connectivity index (χ1) is 9.15. The highest BCUT2D eigenvalue weighted by Gasteiger charge is 2.14. The van der Waals surface area contributed by atoms with Gasteiger partial charge in [-0.2, -0.15) is 0 Å². The molecule has 0 aliphatic carbocycles. The monoisotopic (exact) mass is 262 g/mol. The number of benzene rings is 1. The predicted molar refractivity (Wildman–Crippen MR) is 79.6 cm³/mol. The van der Waals surface area contributed by atoms with Gasteiger partial charge in [-0.1, -0.05) is 52.4 Å². The minimum Gasteiger partial charge on any atom is -0.508 e. The lowest BCUT2D eigenvalue weighted by atomic mass is 9.94. The van der Waals surface area contributed by atoms with Gasteiger partial charge in [-0.3, -0.25) is 4.79 Å². The highest BCUT2D eigenvalue weighted by molar-refractivity contribution is 5.97. The molecule has 106 valence electrons. The van der Waals surface area contributed by atoms with E-state index < -0.39 is 0 Å². The number of unbranched alkanes of at least 4 members (excludes halogenated alkanes) is 5. The lowest BCUT2D eigenvalue weighted by Crippen LogP contribution is -2.11. The molecule has 19 heavy (non-hydrogen) atoms. The van der Waals surface area contributed by atoms with Crippen LogP contribution in [0.15, 0.2) is 24.3 Å². The van der Waals surface area contributed by atoms with Gasteiger partial charge in [0.05, 0.1) is 0 Å². The van der Waals surface area contributed by atoms with Crippen molar-refractivity contribution in [3.63, 3.8) is 0 Å². The van der Waals surface area contributed by atoms with Crippen LogP contribution >= 0.6 is 0 Å². The smallest absolute Gasteiger partial charge is 0.165 e. The van der Waals surface area contributed by atoms with E-state index in [1.54, 1.807) is 24.3 Å². The molecule has 2 nitrogen and oxygen atoms in total. The number of hydrogen-bond acceptors (Lipinski definition) is 2. The molecule has 0 saturated heterocycles. The summed E-state index contributed by atoms with van der Waals surface area (Å²) in [6.45, 7) is 4.22. The fraction of sp³-hybridized carbons (Fsp3) is 0.588. The number of carbonyl (C=O) groups is 1. The maximum absolute atomic E-state index is 12.1. The molecule has 0 saturated carbocycles. The average molecular weight is 262 g/mol. The molecule has 2 heteroatoms. The topological polar surface area (TPSA) is 37.3 Å². The third kappa shape index (κ3) is 5.91. The van der Waals surface area contributed by atoms with E-state index in [1.807, 2.05) is 6.92 Å². The summed E-state index contributed by atoms with van der Waals surface area (Å²) in [6.07, 6.45) is 8.52. The van der Waals surface area contributed by atoms with Gasteiger partial charge in [-0.05, 0) is 30.7 Å². The summed E-state index contributed by atoms with van der Waals surface area (Å²) >= 11 is 0. The van der Waals surface area contributed by atoms with E-state index in [0.29, 0.717) is 5.56 Å². The molecule has 1 aromatic rings. The summed E-state index contributed by atoms with van der Waals surface area (Å²) < 4.78 is 0. The van der Waals surface area contributed by atoms with Crippen LogP contribution in [0, 0.1) is 5.92 Å². The summed E-state index contributed by atoms with van der Waals surface area (Å²) in [5.74, 6) is 0.476. The fourth-order valence-electron chi connectivity index (χ4n) is 2.27. The van der Waals surface area contributed by atoms with Crippen LogP contribution in [-0.2, 0) is 0 Å². The molecule has 0 amide bonds. The van der Waals surface area contributed by atoms with E-state index in [4.69, 9.17) is 0 Å². The summed E-state index contributed by atoms with van der Waals surface area (Å²) in [5, 5.41) is 9.21. The van der Waals surface area contributed by atoms with Crippen LogP contribution in [0.3, 0.4) is 0 Å². The third-order valence-electron chi connectivity index (χ3n) is 3.59. The number of Topliss-reactive ketones (excluding diaryl/α,β-unsaturated/α-hetero) is 1. The van der Waals surface area contributed by atoms with Gasteiger partial charge in [0, 0.05) is 11.5 Å². The number of phenolic OH excluding ortho intramolecular Hbond substituents is 1. The van der Waals surface area contributed by atoms with Gasteiger partial charge < -0.3 is 5.11 Å². The fourth-order valence-corrected chi connectivity index (χ4v) is 2.27. The van der Waals surface area contributed by atoms with E-state index >= 15 is 0 Å². The summed E-state index contributed by atoms with van der Waals surface area (Å²) in [6, 6.07) is 6.56. The highest BCUT2D eigenvalue weighted by atomic mass is 16.3. The first-order valence-corrected chi connectivity index (χ1v) is 7.48. The Kier molecular flexibility index (Phi) is 7.24. The second kappa shape index (κ2) is 8.73. The lowest BCUT2D eigenvalue weighted by Gasteiger charge is -2.10. The number of phenols is 1. The van der Waals surface area contributed by atoms with Crippen molar-refractivity contribution < 1.29 is 9.90 Å². The Morgan fingerprint density at radius 1 is 1.05 bits per heavy atom. The Hall–Kier alpha value is -1.31. The van der Waals surface area contributed by atoms with Gasteiger partial charge in [0.1, 0.15) is 5.75 Å². The van der Waals surface area contributed by atoms with Gasteiger partial charge in [-0.15, -0.1) is 0 Å². The van der Waals surface area contributed by atoms with Crippen LogP contribution in [0.25, 0.3) is 0 Å². The number of aromatic hydroxyl groups is 1. The van der Waals surface area contributed by atoms with Crippen molar-refractivity contribution in [1.29, 1.82) is 0 Å². The molecule has 1 atom stereocenters. The summed E-state index contributed by atoms with van der Waals surface area (Å²) in [5.41, 5.74) is 0.705. The van der Waals surface area contributed by atoms with Crippen molar-refractivity contribution >= 4 is 5.78 Å². The first kappa shape index (κ1) is 15.7. The summed E-state index contributed by atoms with van der Waals surface area (Å²) in [7, 11) is 0. The molecule has 0 radical (unpaired) electrons. The van der Waals surface area contributed by atoms with Crippen molar-refractivity contribution in [2.75, 3.05) is 0 Å². The van der Waals surface area contributed by atoms with Gasteiger partial charge in [0.25, 0.3) is 0 Å². The first-order valence-electron chi connectivity index (χ1n) is 7.48. The Labute approximate surface area is 116 Å². The van der Waals surface area contributed by atoms with E-state index in [2.05, 4.69) is 6.92 Å². The van der Waals surface area contributed by atoms with E-state index in [9.17, 15) is 9.90 Å². The molecule has 1 N–H and O–H groups in total. The van der Waals surface area contributed by atoms with Gasteiger partial charge in [0.2, 0.25) is 0 Å². The minimum absolute atomic E-state index is 0.0794. The van der Waals surface area contributed by atoms with Crippen LogP contribution in [-0.4, -0.2) is 10.9 Å². The largest absolute Gasteiger partial charge is 0.508 e. The summed E-state index contributed by atoms with van der Waals surface area (Å²) in [4.78, 5) is 12.1. The van der Waals surface area contributed by atoms with Gasteiger partial charge in [-0.25, -0.2) is 0 Å². The molecule has 0 aliphatic heterocycles. The zero-order chi connectivity index (χ0) is 14.1. The zero-order valence-electron chi connectivity index (χ0n) is 12.2. The molecular formula is C17H26O2. The number of carbonyl (C=O) groups excluding carboxylic acids is 1. The predicted octanol–water partition coefficient (Wildman–Crippen LogP) is 4.96. The molecule has 1 unspecified atom stereocenters. The normalized spacial score (nSPS) is 12.3. The van der Waals surface area contributed by atoms with Gasteiger partial charge in [0.15, 0.2) is 5.78 Å². The molecule has 1 rings (SSSR count). The zero-order valence-corrected chi connectivity index (χ0v) is 12.2. The number of ketones is 1. The van der Waals surface area contributed by atoms with Crippen LogP contribution in [0.4, 0.5) is 0 Å². The molecule has 0 aromatic heterocycles.